The van der Waals surface area contributed by atoms with E-state index in [0.717, 1.165) is 40.6 Å². The van der Waals surface area contributed by atoms with Crippen molar-refractivity contribution >= 4 is 28.2 Å². The molecule has 5 rings (SSSR count). The first-order valence-electron chi connectivity index (χ1n) is 10.9. The Morgan fingerprint density at radius 3 is 2.75 bits per heavy atom. The molecule has 164 valence electrons. The molecular weight excluding hydrogens is 406 g/mol. The summed E-state index contributed by atoms with van der Waals surface area (Å²) in [5.74, 6) is -0.188. The van der Waals surface area contributed by atoms with Crippen LogP contribution in [0.5, 0.6) is 0 Å². The van der Waals surface area contributed by atoms with E-state index >= 15 is 0 Å². The number of hydrogen-bond acceptors (Lipinski definition) is 4. The molecule has 1 aromatic carbocycles. The van der Waals surface area contributed by atoms with Gasteiger partial charge < -0.3 is 10.3 Å². The predicted molar refractivity (Wildman–Crippen MR) is 122 cm³/mol. The van der Waals surface area contributed by atoms with Crippen molar-refractivity contribution in [3.8, 4) is 0 Å². The van der Waals surface area contributed by atoms with Gasteiger partial charge in [0.15, 0.2) is 11.4 Å². The third-order valence-corrected chi connectivity index (χ3v) is 6.26. The van der Waals surface area contributed by atoms with Crippen LogP contribution in [0.4, 0.5) is 0 Å². The number of carbonyl (C=O) groups is 2. The van der Waals surface area contributed by atoms with Crippen molar-refractivity contribution in [2.45, 2.75) is 46.6 Å². The lowest BCUT2D eigenvalue weighted by atomic mass is 9.94. The summed E-state index contributed by atoms with van der Waals surface area (Å²) in [5.41, 5.74) is 5.82. The minimum Gasteiger partial charge on any atom is -0.354 e. The molecule has 1 aliphatic rings. The first-order chi connectivity index (χ1) is 15.3. The van der Waals surface area contributed by atoms with E-state index in [1.165, 1.54) is 4.68 Å². The lowest BCUT2D eigenvalue weighted by Crippen LogP contribution is -2.31. The van der Waals surface area contributed by atoms with Crippen molar-refractivity contribution in [2.24, 2.45) is 0 Å². The third kappa shape index (κ3) is 3.14. The van der Waals surface area contributed by atoms with Crippen LogP contribution in [0.15, 0.2) is 29.1 Å². The number of pyridine rings is 1. The Labute approximate surface area is 184 Å². The normalized spacial score (nSPS) is 13.7. The predicted octanol–water partition coefficient (Wildman–Crippen LogP) is 2.85. The lowest BCUT2D eigenvalue weighted by Gasteiger charge is -2.09. The Morgan fingerprint density at radius 1 is 1.16 bits per heavy atom. The number of Topliss-reactive ketones (excluding diaryl/α,β-unsaturated/α-hetero) is 1. The van der Waals surface area contributed by atoms with Crippen molar-refractivity contribution in [3.63, 3.8) is 0 Å². The summed E-state index contributed by atoms with van der Waals surface area (Å²) in [6.45, 7) is 6.22. The van der Waals surface area contributed by atoms with Gasteiger partial charge in [0, 0.05) is 24.2 Å². The highest BCUT2D eigenvalue weighted by molar-refractivity contribution is 6.04. The molecule has 3 aromatic heterocycles. The smallest absolute Gasteiger partial charge is 0.350 e. The zero-order valence-corrected chi connectivity index (χ0v) is 18.4. The molecule has 2 N–H and O–H groups in total. The monoisotopic (exact) mass is 431 g/mol. The molecule has 32 heavy (non-hydrogen) atoms. The van der Waals surface area contributed by atoms with Crippen molar-refractivity contribution in [1.82, 2.24) is 24.5 Å². The number of nitrogens with one attached hydrogen (secondary N) is 2. The molecule has 0 saturated heterocycles. The van der Waals surface area contributed by atoms with Crippen molar-refractivity contribution in [3.05, 3.63) is 68.4 Å². The van der Waals surface area contributed by atoms with E-state index in [1.807, 2.05) is 38.1 Å². The van der Waals surface area contributed by atoms with Gasteiger partial charge in [0.1, 0.15) is 5.69 Å². The highest BCUT2D eigenvalue weighted by Gasteiger charge is 2.26. The molecule has 1 aliphatic carbocycles. The van der Waals surface area contributed by atoms with Crippen LogP contribution in [-0.4, -0.2) is 37.4 Å². The van der Waals surface area contributed by atoms with Crippen LogP contribution in [0.25, 0.3) is 16.6 Å². The summed E-state index contributed by atoms with van der Waals surface area (Å²) in [4.78, 5) is 41.1. The van der Waals surface area contributed by atoms with E-state index in [2.05, 4.69) is 15.4 Å². The van der Waals surface area contributed by atoms with Gasteiger partial charge in [-0.3, -0.25) is 9.59 Å². The first-order valence-corrected chi connectivity index (χ1v) is 10.9. The largest absolute Gasteiger partial charge is 0.354 e. The molecule has 0 saturated carbocycles. The van der Waals surface area contributed by atoms with Gasteiger partial charge in [-0.15, -0.1) is 5.10 Å². The van der Waals surface area contributed by atoms with E-state index < -0.39 is 0 Å². The molecule has 1 amide bonds. The van der Waals surface area contributed by atoms with Crippen LogP contribution in [0.3, 0.4) is 0 Å². The summed E-state index contributed by atoms with van der Waals surface area (Å²) >= 11 is 0. The number of hydrogen-bond donors (Lipinski definition) is 2. The summed E-state index contributed by atoms with van der Waals surface area (Å²) in [7, 11) is 0. The number of aryl methyl sites for hydroxylation is 3. The number of aromatic nitrogens is 4. The molecule has 0 aliphatic heterocycles. The second-order valence-electron chi connectivity index (χ2n) is 8.57. The van der Waals surface area contributed by atoms with E-state index in [9.17, 15) is 14.4 Å². The molecule has 8 nitrogen and oxygen atoms in total. The molecule has 0 bridgehead atoms. The Kier molecular flexibility index (Phi) is 4.73. The maximum atomic E-state index is 13.1. The molecule has 3 heterocycles. The molecule has 0 spiro atoms. The van der Waals surface area contributed by atoms with E-state index in [4.69, 9.17) is 0 Å². The van der Waals surface area contributed by atoms with E-state index in [-0.39, 0.29) is 30.5 Å². The van der Waals surface area contributed by atoms with Crippen LogP contribution in [0, 0.1) is 20.8 Å². The molecule has 0 atom stereocenters. The minimum absolute atomic E-state index is 0.0909. The van der Waals surface area contributed by atoms with Crippen LogP contribution in [0.1, 0.15) is 56.1 Å². The fraction of sp³-hybridized carbons (Fsp3) is 0.333. The Balaban J connectivity index is 1.39. The highest BCUT2D eigenvalue weighted by atomic mass is 16.2. The molecule has 4 aromatic rings. The average molecular weight is 431 g/mol. The average Bonchev–Trinajstić information content (AvgIpc) is 3.27. The molecule has 0 fully saturated rings. The number of aromatic amines is 1. The van der Waals surface area contributed by atoms with Crippen LogP contribution in [0.2, 0.25) is 0 Å². The number of nitrogens with zero attached hydrogens (tertiary/aromatic N) is 3. The molecular formula is C24H25N5O3. The van der Waals surface area contributed by atoms with Crippen molar-refractivity contribution < 1.29 is 9.59 Å². The summed E-state index contributed by atoms with van der Waals surface area (Å²) in [5, 5.41) is 8.34. The maximum absolute atomic E-state index is 13.1. The van der Waals surface area contributed by atoms with Crippen molar-refractivity contribution in [1.29, 1.82) is 0 Å². The van der Waals surface area contributed by atoms with Gasteiger partial charge in [-0.05, 0) is 67.8 Å². The second-order valence-corrected chi connectivity index (χ2v) is 8.57. The van der Waals surface area contributed by atoms with Gasteiger partial charge in [-0.2, -0.15) is 0 Å². The van der Waals surface area contributed by atoms with Gasteiger partial charge in [0.05, 0.1) is 12.1 Å². The van der Waals surface area contributed by atoms with E-state index in [1.54, 1.807) is 11.3 Å². The molecule has 8 heteroatoms. The summed E-state index contributed by atoms with van der Waals surface area (Å²) in [6, 6.07) is 8.03. The van der Waals surface area contributed by atoms with E-state index in [0.29, 0.717) is 28.9 Å². The number of carbonyl (C=O) groups excluding carboxylic acids is 2. The van der Waals surface area contributed by atoms with Crippen LogP contribution < -0.4 is 11.0 Å². The summed E-state index contributed by atoms with van der Waals surface area (Å²) < 4.78 is 3.02. The van der Waals surface area contributed by atoms with Gasteiger partial charge in [-0.25, -0.2) is 13.9 Å². The SMILES string of the molecule is Cc1ccc2cc(C)c3nn(CCNC(=O)c4[nH]c5c(c4C)C(=O)CCC5)c(=O)n3c2c1. The van der Waals surface area contributed by atoms with Gasteiger partial charge in [0.2, 0.25) is 0 Å². The Hall–Kier alpha value is -3.68. The lowest BCUT2D eigenvalue weighted by molar-refractivity contribution is 0.0945. The molecule has 0 unspecified atom stereocenters. The number of benzene rings is 1. The minimum atomic E-state index is -0.279. The fourth-order valence-electron chi connectivity index (χ4n) is 4.66. The third-order valence-electron chi connectivity index (χ3n) is 6.26. The number of amides is 1. The highest BCUT2D eigenvalue weighted by Crippen LogP contribution is 2.26. The number of H-pyrrole nitrogens is 1. The number of rotatable bonds is 4. The Bertz CT molecular complexity index is 1470. The zero-order chi connectivity index (χ0) is 22.6. The fourth-order valence-corrected chi connectivity index (χ4v) is 4.66. The standard InChI is InChI=1S/C24H25N5O3/c1-13-7-8-16-12-14(2)22-27-28(24(32)29(22)18(16)11-13)10-9-25-23(31)21-15(3)20-17(26-21)5-4-6-19(20)30/h7-8,11-12,26H,4-6,9-10H2,1-3H3,(H,25,31). The Morgan fingerprint density at radius 2 is 1.97 bits per heavy atom. The quantitative estimate of drug-likeness (QED) is 0.519. The van der Waals surface area contributed by atoms with Crippen LogP contribution >= 0.6 is 0 Å². The number of ketones is 1. The zero-order valence-electron chi connectivity index (χ0n) is 18.4. The maximum Gasteiger partial charge on any atom is 0.350 e. The van der Waals surface area contributed by atoms with Gasteiger partial charge in [-0.1, -0.05) is 12.1 Å². The van der Waals surface area contributed by atoms with Crippen LogP contribution in [-0.2, 0) is 13.0 Å². The number of fused-ring (bicyclic) bond motifs is 4. The van der Waals surface area contributed by atoms with Gasteiger partial charge >= 0.3 is 5.69 Å². The summed E-state index contributed by atoms with van der Waals surface area (Å²) in [6.07, 6.45) is 2.10. The second kappa shape index (κ2) is 7.47. The topological polar surface area (TPSA) is 101 Å². The molecule has 0 radical (unpaired) electrons. The first kappa shape index (κ1) is 20.2. The van der Waals surface area contributed by atoms with Gasteiger partial charge in [0.25, 0.3) is 5.91 Å². The van der Waals surface area contributed by atoms with Crippen molar-refractivity contribution in [2.75, 3.05) is 6.54 Å².